The lowest BCUT2D eigenvalue weighted by molar-refractivity contribution is 0.0493. The predicted molar refractivity (Wildman–Crippen MR) is 103 cm³/mol. The zero-order valence-electron chi connectivity index (χ0n) is 16.6. The van der Waals surface area contributed by atoms with Crippen molar-refractivity contribution in [3.63, 3.8) is 0 Å². The molecule has 6 nitrogen and oxygen atoms in total. The van der Waals surface area contributed by atoms with Gasteiger partial charge in [-0.2, -0.15) is 0 Å². The number of carbonyl (C=O) groups is 1. The fourth-order valence-electron chi connectivity index (χ4n) is 2.42. The van der Waals surface area contributed by atoms with Gasteiger partial charge in [-0.3, -0.25) is 5.43 Å². The highest BCUT2D eigenvalue weighted by Crippen LogP contribution is 2.19. The number of carbonyl (C=O) groups excluding carboxylic acids is 1. The molecule has 2 atom stereocenters. The van der Waals surface area contributed by atoms with Crippen molar-refractivity contribution < 1.29 is 19.7 Å². The van der Waals surface area contributed by atoms with Crippen LogP contribution in [-0.4, -0.2) is 34.6 Å². The van der Waals surface area contributed by atoms with Gasteiger partial charge in [-0.25, -0.2) is 10.2 Å². The Morgan fingerprint density at radius 2 is 1.88 bits per heavy atom. The lowest BCUT2D eigenvalue weighted by Gasteiger charge is -2.20. The monoisotopic (exact) mass is 366 g/mol. The van der Waals surface area contributed by atoms with Crippen LogP contribution < -0.4 is 10.9 Å². The first kappa shape index (κ1) is 22.4. The summed E-state index contributed by atoms with van der Waals surface area (Å²) in [5.41, 5.74) is 6.59. The Kier molecular flexibility index (Phi) is 9.05. The number of hydrogen-bond donors (Lipinski definition) is 4. The Morgan fingerprint density at radius 1 is 1.19 bits per heavy atom. The van der Waals surface area contributed by atoms with Gasteiger partial charge >= 0.3 is 6.09 Å². The van der Waals surface area contributed by atoms with E-state index in [0.717, 1.165) is 17.5 Å². The zero-order chi connectivity index (χ0) is 19.7. The van der Waals surface area contributed by atoms with E-state index in [1.165, 1.54) is 0 Å². The van der Waals surface area contributed by atoms with E-state index in [9.17, 15) is 15.0 Å². The Morgan fingerprint density at radius 3 is 2.50 bits per heavy atom. The van der Waals surface area contributed by atoms with Crippen LogP contribution in [-0.2, 0) is 11.2 Å². The molecule has 1 aromatic rings. The molecule has 0 fully saturated rings. The van der Waals surface area contributed by atoms with Crippen LogP contribution in [0.1, 0.15) is 64.7 Å². The third-order valence-electron chi connectivity index (χ3n) is 3.97. The van der Waals surface area contributed by atoms with Crippen LogP contribution in [0.5, 0.6) is 0 Å². The second-order valence-electron chi connectivity index (χ2n) is 7.95. The molecule has 0 saturated heterocycles. The average molecular weight is 367 g/mol. The lowest BCUT2D eigenvalue weighted by atomic mass is 9.97. The van der Waals surface area contributed by atoms with Crippen LogP contribution in [0.15, 0.2) is 24.3 Å². The summed E-state index contributed by atoms with van der Waals surface area (Å²) in [7, 11) is 0. The van der Waals surface area contributed by atoms with E-state index in [2.05, 4.69) is 10.9 Å². The number of aryl methyl sites for hydroxylation is 1. The van der Waals surface area contributed by atoms with E-state index in [1.807, 2.05) is 38.1 Å². The maximum absolute atomic E-state index is 11.5. The van der Waals surface area contributed by atoms with Crippen molar-refractivity contribution in [1.82, 2.24) is 10.9 Å². The average Bonchev–Trinajstić information content (AvgIpc) is 2.54. The third-order valence-corrected chi connectivity index (χ3v) is 3.97. The highest BCUT2D eigenvalue weighted by molar-refractivity contribution is 5.66. The predicted octanol–water partition coefficient (Wildman–Crippen LogP) is 3.09. The largest absolute Gasteiger partial charge is 0.443 e. The molecule has 1 aromatic carbocycles. The quantitative estimate of drug-likeness (QED) is 0.398. The zero-order valence-corrected chi connectivity index (χ0v) is 16.6. The molecular weight excluding hydrogens is 332 g/mol. The van der Waals surface area contributed by atoms with Gasteiger partial charge in [-0.15, -0.1) is 0 Å². The van der Waals surface area contributed by atoms with Crippen molar-refractivity contribution in [2.45, 2.75) is 71.7 Å². The summed E-state index contributed by atoms with van der Waals surface area (Å²) in [6, 6.07) is 7.78. The highest BCUT2D eigenvalue weighted by atomic mass is 16.6. The van der Waals surface area contributed by atoms with Gasteiger partial charge in [0.2, 0.25) is 0 Å². The highest BCUT2D eigenvalue weighted by Gasteiger charge is 2.16. The molecule has 0 bridgehead atoms. The number of rotatable bonds is 9. The van der Waals surface area contributed by atoms with Crippen LogP contribution in [0.2, 0.25) is 0 Å². The normalized spacial score (nSPS) is 14.2. The van der Waals surface area contributed by atoms with Crippen LogP contribution in [0.25, 0.3) is 0 Å². The van der Waals surface area contributed by atoms with Crippen molar-refractivity contribution in [3.05, 3.63) is 35.4 Å². The molecule has 4 N–H and O–H groups in total. The number of hydrazine groups is 1. The van der Waals surface area contributed by atoms with Crippen LogP contribution in [0.4, 0.5) is 4.79 Å². The van der Waals surface area contributed by atoms with E-state index in [4.69, 9.17) is 4.74 Å². The van der Waals surface area contributed by atoms with Gasteiger partial charge in [0.1, 0.15) is 5.60 Å². The van der Waals surface area contributed by atoms with Gasteiger partial charge in [0.15, 0.2) is 0 Å². The number of ether oxygens (including phenoxy) is 1. The molecule has 2 unspecified atom stereocenters. The van der Waals surface area contributed by atoms with E-state index < -0.39 is 17.8 Å². The Labute approximate surface area is 156 Å². The molecule has 148 valence electrons. The molecule has 0 radical (unpaired) electrons. The minimum absolute atomic E-state index is 0.243. The topological polar surface area (TPSA) is 90.8 Å². The molecule has 0 aliphatic rings. The molecule has 1 rings (SSSR count). The molecule has 0 saturated carbocycles. The van der Waals surface area contributed by atoms with Gasteiger partial charge in [0.25, 0.3) is 0 Å². The Hall–Kier alpha value is -1.63. The van der Waals surface area contributed by atoms with E-state index in [-0.39, 0.29) is 12.0 Å². The first-order valence-corrected chi connectivity index (χ1v) is 9.25. The maximum Gasteiger partial charge on any atom is 0.422 e. The van der Waals surface area contributed by atoms with Crippen molar-refractivity contribution in [2.24, 2.45) is 5.92 Å². The molecule has 0 aliphatic heterocycles. The summed E-state index contributed by atoms with van der Waals surface area (Å²) in [6.45, 7) is 9.81. The van der Waals surface area contributed by atoms with Crippen molar-refractivity contribution in [3.8, 4) is 0 Å². The molecular formula is C20H34N2O4. The summed E-state index contributed by atoms with van der Waals surface area (Å²) in [5.74, 6) is 0.243. The second-order valence-corrected chi connectivity index (χ2v) is 7.95. The van der Waals surface area contributed by atoms with E-state index in [1.54, 1.807) is 20.8 Å². The maximum atomic E-state index is 11.5. The van der Waals surface area contributed by atoms with Gasteiger partial charge < -0.3 is 14.9 Å². The Balaban J connectivity index is 2.39. The molecule has 0 aromatic heterocycles. The number of aliphatic hydroxyl groups excluding tert-OH is 2. The molecule has 0 heterocycles. The van der Waals surface area contributed by atoms with E-state index >= 15 is 0 Å². The minimum Gasteiger partial charge on any atom is -0.443 e. The van der Waals surface area contributed by atoms with Crippen molar-refractivity contribution >= 4 is 6.09 Å². The second kappa shape index (κ2) is 10.5. The van der Waals surface area contributed by atoms with Crippen LogP contribution in [0.3, 0.4) is 0 Å². The summed E-state index contributed by atoms with van der Waals surface area (Å²) in [4.78, 5) is 11.5. The summed E-state index contributed by atoms with van der Waals surface area (Å²) >= 11 is 0. The first-order valence-electron chi connectivity index (χ1n) is 9.25. The third kappa shape index (κ3) is 9.17. The van der Waals surface area contributed by atoms with Gasteiger partial charge in [0.05, 0.1) is 12.2 Å². The standard InChI is InChI=1S/C20H34N2O4/c1-14(2)17(23)10-9-15-7-6-8-16(13-15)18(24)11-12-21-22-19(25)26-20(3,4)5/h6-8,13-14,17-18,21,23-24H,9-12H2,1-5H3,(H,22,25). The minimum atomic E-state index is -0.627. The molecule has 1 amide bonds. The van der Waals surface area contributed by atoms with Crippen molar-refractivity contribution in [2.75, 3.05) is 6.54 Å². The van der Waals surface area contributed by atoms with Crippen LogP contribution in [0, 0.1) is 5.92 Å². The molecule has 0 aliphatic carbocycles. The molecule has 26 heavy (non-hydrogen) atoms. The van der Waals surface area contributed by atoms with Gasteiger partial charge in [-0.1, -0.05) is 38.1 Å². The lowest BCUT2D eigenvalue weighted by Crippen LogP contribution is -2.41. The fraction of sp³-hybridized carbons (Fsp3) is 0.650. The molecule has 6 heteroatoms. The van der Waals surface area contributed by atoms with Gasteiger partial charge in [-0.05, 0) is 57.1 Å². The fourth-order valence-corrected chi connectivity index (χ4v) is 2.42. The number of aliphatic hydroxyl groups is 2. The number of hydrogen-bond acceptors (Lipinski definition) is 5. The van der Waals surface area contributed by atoms with Crippen LogP contribution >= 0.6 is 0 Å². The number of nitrogens with one attached hydrogen (secondary N) is 2. The summed E-state index contributed by atoms with van der Waals surface area (Å²) in [6.07, 6.45) is 0.451. The van der Waals surface area contributed by atoms with Gasteiger partial charge in [0, 0.05) is 6.54 Å². The number of amides is 1. The SMILES string of the molecule is CC(C)C(O)CCc1cccc(C(O)CCNNC(=O)OC(C)(C)C)c1. The Bertz CT molecular complexity index is 555. The smallest absolute Gasteiger partial charge is 0.422 e. The summed E-state index contributed by atoms with van der Waals surface area (Å²) < 4.78 is 5.11. The van der Waals surface area contributed by atoms with E-state index in [0.29, 0.717) is 19.4 Å². The first-order chi connectivity index (χ1) is 12.1. The molecule has 0 spiro atoms. The summed E-state index contributed by atoms with van der Waals surface area (Å²) in [5, 5.41) is 20.3. The van der Waals surface area contributed by atoms with Crippen molar-refractivity contribution in [1.29, 1.82) is 0 Å². The number of benzene rings is 1.